The number of aromatic amines is 1. The number of amides is 1. The maximum Gasteiger partial charge on any atom is 0.245 e. The number of carbonyl (C=O) groups excluding carboxylic acids is 1. The summed E-state index contributed by atoms with van der Waals surface area (Å²) in [6, 6.07) is 5.48. The summed E-state index contributed by atoms with van der Waals surface area (Å²) in [5.74, 6) is 1.01. The second-order valence-corrected chi connectivity index (χ2v) is 4.90. The number of anilines is 2. The molecular weight excluding hydrogens is 282 g/mol. The molecule has 3 aromatic rings. The summed E-state index contributed by atoms with van der Waals surface area (Å²) >= 11 is 0. The molecule has 0 aliphatic carbocycles. The molecule has 22 heavy (non-hydrogen) atoms. The quantitative estimate of drug-likeness (QED) is 0.749. The van der Waals surface area contributed by atoms with Crippen LogP contribution in [0.15, 0.2) is 30.7 Å². The third-order valence-corrected chi connectivity index (χ3v) is 3.13. The lowest BCUT2D eigenvalue weighted by Gasteiger charge is -2.17. The standard InChI is InChI=1S/C14H15N7O/c1-9-4-3-5-11(18-9)19-12(22)7-21(2)14-10-6-17-20-13(10)15-8-16-14/h3-6,8H,7H2,1-2H3,(H,18,19,22)(H,15,16,17,20). The second-order valence-electron chi connectivity index (χ2n) is 4.90. The van der Waals surface area contributed by atoms with Crippen molar-refractivity contribution in [3.05, 3.63) is 36.4 Å². The predicted molar refractivity (Wildman–Crippen MR) is 82.6 cm³/mol. The van der Waals surface area contributed by atoms with Gasteiger partial charge in [-0.05, 0) is 19.1 Å². The number of likely N-dealkylation sites (N-methyl/N-ethyl adjacent to an activating group) is 1. The van der Waals surface area contributed by atoms with E-state index in [1.165, 1.54) is 6.33 Å². The molecule has 0 aromatic carbocycles. The Labute approximate surface area is 126 Å². The lowest BCUT2D eigenvalue weighted by Crippen LogP contribution is -2.31. The average Bonchev–Trinajstić information content (AvgIpc) is 2.95. The first-order chi connectivity index (χ1) is 10.6. The van der Waals surface area contributed by atoms with Gasteiger partial charge in [0.05, 0.1) is 18.1 Å². The van der Waals surface area contributed by atoms with E-state index >= 15 is 0 Å². The summed E-state index contributed by atoms with van der Waals surface area (Å²) in [6.45, 7) is 2.02. The number of H-pyrrole nitrogens is 1. The number of hydrogen-bond acceptors (Lipinski definition) is 6. The Balaban J connectivity index is 1.72. The summed E-state index contributed by atoms with van der Waals surface area (Å²) in [6.07, 6.45) is 3.08. The van der Waals surface area contributed by atoms with Crippen LogP contribution < -0.4 is 10.2 Å². The zero-order chi connectivity index (χ0) is 15.5. The van der Waals surface area contributed by atoms with E-state index in [4.69, 9.17) is 0 Å². The maximum atomic E-state index is 12.1. The summed E-state index contributed by atoms with van der Waals surface area (Å²) in [7, 11) is 1.79. The van der Waals surface area contributed by atoms with E-state index in [0.29, 0.717) is 17.3 Å². The van der Waals surface area contributed by atoms with Crippen molar-refractivity contribution in [1.82, 2.24) is 25.1 Å². The highest BCUT2D eigenvalue weighted by Crippen LogP contribution is 2.19. The fourth-order valence-electron chi connectivity index (χ4n) is 2.14. The van der Waals surface area contributed by atoms with Gasteiger partial charge in [0.25, 0.3) is 0 Å². The molecule has 0 unspecified atom stereocenters. The number of nitrogens with zero attached hydrogens (tertiary/aromatic N) is 5. The van der Waals surface area contributed by atoms with Crippen molar-refractivity contribution in [3.63, 3.8) is 0 Å². The van der Waals surface area contributed by atoms with E-state index in [2.05, 4.69) is 30.5 Å². The van der Waals surface area contributed by atoms with Gasteiger partial charge in [-0.1, -0.05) is 6.07 Å². The first kappa shape index (κ1) is 13.9. The minimum absolute atomic E-state index is 0.146. The minimum Gasteiger partial charge on any atom is -0.350 e. The number of rotatable bonds is 4. The van der Waals surface area contributed by atoms with Gasteiger partial charge >= 0.3 is 0 Å². The summed E-state index contributed by atoms with van der Waals surface area (Å²) in [5.41, 5.74) is 1.49. The van der Waals surface area contributed by atoms with Crippen LogP contribution in [0.3, 0.4) is 0 Å². The highest BCUT2D eigenvalue weighted by Gasteiger charge is 2.13. The molecule has 0 saturated heterocycles. The van der Waals surface area contributed by atoms with Crippen LogP contribution in [0.5, 0.6) is 0 Å². The van der Waals surface area contributed by atoms with Gasteiger partial charge in [0.1, 0.15) is 18.0 Å². The van der Waals surface area contributed by atoms with E-state index in [9.17, 15) is 4.79 Å². The van der Waals surface area contributed by atoms with Crippen molar-refractivity contribution >= 4 is 28.6 Å². The Morgan fingerprint density at radius 1 is 1.36 bits per heavy atom. The molecule has 3 heterocycles. The molecule has 0 aliphatic rings. The SMILES string of the molecule is Cc1cccc(NC(=O)CN(C)c2ncnc3[nH]ncc23)n1. The molecule has 1 amide bonds. The normalized spacial score (nSPS) is 10.6. The summed E-state index contributed by atoms with van der Waals surface area (Å²) in [5, 5.41) is 10.2. The van der Waals surface area contributed by atoms with Crippen LogP contribution in [0.4, 0.5) is 11.6 Å². The van der Waals surface area contributed by atoms with Crippen molar-refractivity contribution < 1.29 is 4.79 Å². The van der Waals surface area contributed by atoms with Gasteiger partial charge < -0.3 is 10.2 Å². The van der Waals surface area contributed by atoms with Gasteiger partial charge in [-0.25, -0.2) is 15.0 Å². The van der Waals surface area contributed by atoms with Crippen molar-refractivity contribution in [2.45, 2.75) is 6.92 Å². The van der Waals surface area contributed by atoms with Gasteiger partial charge in [0.2, 0.25) is 5.91 Å². The molecular formula is C14H15N7O. The largest absolute Gasteiger partial charge is 0.350 e. The summed E-state index contributed by atoms with van der Waals surface area (Å²) < 4.78 is 0. The van der Waals surface area contributed by atoms with Crippen LogP contribution in [0, 0.1) is 6.92 Å². The van der Waals surface area contributed by atoms with Crippen LogP contribution in [-0.2, 0) is 4.79 Å². The molecule has 0 saturated carbocycles. The van der Waals surface area contributed by atoms with E-state index in [1.54, 1.807) is 24.2 Å². The highest BCUT2D eigenvalue weighted by atomic mass is 16.2. The molecule has 8 nitrogen and oxygen atoms in total. The zero-order valence-corrected chi connectivity index (χ0v) is 12.2. The number of hydrogen-bond donors (Lipinski definition) is 2. The molecule has 0 atom stereocenters. The second kappa shape index (κ2) is 5.76. The molecule has 112 valence electrons. The number of carbonyl (C=O) groups is 1. The Morgan fingerprint density at radius 2 is 2.23 bits per heavy atom. The van der Waals surface area contributed by atoms with Gasteiger partial charge in [-0.2, -0.15) is 5.10 Å². The third kappa shape index (κ3) is 2.85. The van der Waals surface area contributed by atoms with Crippen LogP contribution in [-0.4, -0.2) is 44.6 Å². The molecule has 2 N–H and O–H groups in total. The Morgan fingerprint density at radius 3 is 3.05 bits per heavy atom. The predicted octanol–water partition coefficient (Wildman–Crippen LogP) is 1.13. The zero-order valence-electron chi connectivity index (χ0n) is 12.2. The van der Waals surface area contributed by atoms with Crippen molar-refractivity contribution in [2.24, 2.45) is 0 Å². The minimum atomic E-state index is -0.171. The van der Waals surface area contributed by atoms with E-state index in [1.807, 2.05) is 19.1 Å². The molecule has 0 bridgehead atoms. The van der Waals surface area contributed by atoms with Gasteiger partial charge in [-0.3, -0.25) is 9.89 Å². The first-order valence-electron chi connectivity index (χ1n) is 6.72. The van der Waals surface area contributed by atoms with Gasteiger partial charge in [0, 0.05) is 12.7 Å². The number of aryl methyl sites for hydroxylation is 1. The van der Waals surface area contributed by atoms with E-state index in [0.717, 1.165) is 11.1 Å². The fraction of sp³-hybridized carbons (Fsp3) is 0.214. The van der Waals surface area contributed by atoms with Crippen LogP contribution in [0.2, 0.25) is 0 Å². The van der Waals surface area contributed by atoms with Gasteiger partial charge in [0.15, 0.2) is 5.65 Å². The van der Waals surface area contributed by atoms with Crippen molar-refractivity contribution in [3.8, 4) is 0 Å². The van der Waals surface area contributed by atoms with Crippen molar-refractivity contribution in [2.75, 3.05) is 23.8 Å². The third-order valence-electron chi connectivity index (χ3n) is 3.13. The molecule has 0 radical (unpaired) electrons. The topological polar surface area (TPSA) is 99.7 Å². The lowest BCUT2D eigenvalue weighted by molar-refractivity contribution is -0.114. The smallest absolute Gasteiger partial charge is 0.245 e. The van der Waals surface area contributed by atoms with Gasteiger partial charge in [-0.15, -0.1) is 0 Å². The molecule has 3 rings (SSSR count). The molecule has 0 spiro atoms. The Kier molecular flexibility index (Phi) is 3.65. The number of pyridine rings is 1. The number of fused-ring (bicyclic) bond motifs is 1. The lowest BCUT2D eigenvalue weighted by atomic mass is 10.3. The number of aromatic nitrogens is 5. The average molecular weight is 297 g/mol. The van der Waals surface area contributed by atoms with Crippen molar-refractivity contribution in [1.29, 1.82) is 0 Å². The molecule has 3 aromatic heterocycles. The molecule has 0 fully saturated rings. The van der Waals surface area contributed by atoms with Crippen LogP contribution in [0.25, 0.3) is 11.0 Å². The fourth-order valence-corrected chi connectivity index (χ4v) is 2.14. The highest BCUT2D eigenvalue weighted by molar-refractivity contribution is 5.95. The van der Waals surface area contributed by atoms with E-state index in [-0.39, 0.29) is 12.5 Å². The molecule has 8 heteroatoms. The summed E-state index contributed by atoms with van der Waals surface area (Å²) in [4.78, 5) is 26.4. The first-order valence-corrected chi connectivity index (χ1v) is 6.72. The maximum absolute atomic E-state index is 12.1. The van der Waals surface area contributed by atoms with Crippen LogP contribution >= 0.6 is 0 Å². The monoisotopic (exact) mass is 297 g/mol. The van der Waals surface area contributed by atoms with E-state index < -0.39 is 0 Å². The van der Waals surface area contributed by atoms with Crippen LogP contribution in [0.1, 0.15) is 5.69 Å². The molecule has 0 aliphatic heterocycles. The number of nitrogens with one attached hydrogen (secondary N) is 2. The Bertz CT molecular complexity index is 814. The Hall–Kier alpha value is -3.03.